The number of piperidine rings is 1. The molecule has 0 saturated carbocycles. The topological polar surface area (TPSA) is 35.6 Å². The van der Waals surface area contributed by atoms with E-state index in [-0.39, 0.29) is 6.04 Å². The van der Waals surface area contributed by atoms with Gasteiger partial charge in [0.2, 0.25) is 5.91 Å². The van der Waals surface area contributed by atoms with Crippen LogP contribution in [-0.4, -0.2) is 60.0 Å². The third kappa shape index (κ3) is 3.69. The predicted molar refractivity (Wildman–Crippen MR) is 78.1 cm³/mol. The number of amides is 1. The molecule has 4 heteroatoms. The van der Waals surface area contributed by atoms with E-state index in [0.29, 0.717) is 18.0 Å². The van der Waals surface area contributed by atoms with Crippen LogP contribution in [0.15, 0.2) is 0 Å². The lowest BCUT2D eigenvalue weighted by molar-refractivity contribution is -0.136. The van der Waals surface area contributed by atoms with E-state index in [4.69, 9.17) is 0 Å². The second-order valence-electron chi connectivity index (χ2n) is 6.17. The van der Waals surface area contributed by atoms with Crippen molar-refractivity contribution < 1.29 is 4.79 Å². The molecule has 4 nitrogen and oxygen atoms in total. The molecular formula is C15H29N3O. The van der Waals surface area contributed by atoms with Crippen LogP contribution in [0.4, 0.5) is 0 Å². The minimum absolute atomic E-state index is 0.0684. The monoisotopic (exact) mass is 267 g/mol. The lowest BCUT2D eigenvalue weighted by Gasteiger charge is -2.40. The van der Waals surface area contributed by atoms with E-state index in [0.717, 1.165) is 32.6 Å². The van der Waals surface area contributed by atoms with E-state index in [1.807, 2.05) is 0 Å². The minimum Gasteiger partial charge on any atom is -0.339 e. The summed E-state index contributed by atoms with van der Waals surface area (Å²) in [4.78, 5) is 17.1. The second kappa shape index (κ2) is 6.71. The molecule has 0 aromatic carbocycles. The van der Waals surface area contributed by atoms with E-state index in [9.17, 15) is 4.79 Å². The summed E-state index contributed by atoms with van der Waals surface area (Å²) in [7, 11) is 0. The van der Waals surface area contributed by atoms with Gasteiger partial charge in [-0.2, -0.15) is 0 Å². The number of nitrogens with one attached hydrogen (secondary N) is 1. The predicted octanol–water partition coefficient (Wildman–Crippen LogP) is 1.46. The Morgan fingerprint density at radius 1 is 1.26 bits per heavy atom. The fourth-order valence-electron chi connectivity index (χ4n) is 3.19. The molecule has 0 aromatic heterocycles. The summed E-state index contributed by atoms with van der Waals surface area (Å²) < 4.78 is 0. The summed E-state index contributed by atoms with van der Waals surface area (Å²) in [5.41, 5.74) is 0. The molecule has 2 rings (SSSR count). The van der Waals surface area contributed by atoms with Gasteiger partial charge in [-0.25, -0.2) is 0 Å². The first-order valence-corrected chi connectivity index (χ1v) is 7.90. The molecule has 0 spiro atoms. The van der Waals surface area contributed by atoms with Crippen molar-refractivity contribution in [3.8, 4) is 0 Å². The molecule has 19 heavy (non-hydrogen) atoms. The van der Waals surface area contributed by atoms with Gasteiger partial charge in [-0.3, -0.25) is 9.69 Å². The zero-order chi connectivity index (χ0) is 13.8. The van der Waals surface area contributed by atoms with Crippen molar-refractivity contribution in [2.75, 3.05) is 26.2 Å². The Labute approximate surface area is 117 Å². The van der Waals surface area contributed by atoms with Gasteiger partial charge in [0.1, 0.15) is 0 Å². The zero-order valence-electron chi connectivity index (χ0n) is 12.7. The molecule has 3 atom stereocenters. The Morgan fingerprint density at radius 2 is 1.95 bits per heavy atom. The molecule has 0 bridgehead atoms. The van der Waals surface area contributed by atoms with E-state index in [1.54, 1.807) is 0 Å². The quantitative estimate of drug-likeness (QED) is 0.841. The first kappa shape index (κ1) is 14.8. The van der Waals surface area contributed by atoms with Gasteiger partial charge in [0.15, 0.2) is 0 Å². The van der Waals surface area contributed by atoms with Gasteiger partial charge in [-0.15, -0.1) is 0 Å². The number of nitrogens with zero attached hydrogens (tertiary/aromatic N) is 2. The van der Waals surface area contributed by atoms with Gasteiger partial charge in [0, 0.05) is 38.3 Å². The first-order chi connectivity index (χ1) is 9.11. The number of hydrogen-bond donors (Lipinski definition) is 1. The lowest BCUT2D eigenvalue weighted by Crippen LogP contribution is -2.57. The Balaban J connectivity index is 1.82. The van der Waals surface area contributed by atoms with Crippen LogP contribution in [0.25, 0.3) is 0 Å². The number of piperazine rings is 1. The molecular weight excluding hydrogens is 238 g/mol. The van der Waals surface area contributed by atoms with Crippen LogP contribution in [-0.2, 0) is 4.79 Å². The molecule has 0 aliphatic carbocycles. The van der Waals surface area contributed by atoms with Crippen molar-refractivity contribution in [2.45, 2.75) is 64.6 Å². The van der Waals surface area contributed by atoms with Gasteiger partial charge < -0.3 is 10.2 Å². The maximum absolute atomic E-state index is 12.5. The summed E-state index contributed by atoms with van der Waals surface area (Å²) in [6.07, 6.45) is 4.58. The highest BCUT2D eigenvalue weighted by atomic mass is 16.2. The summed E-state index contributed by atoms with van der Waals surface area (Å²) in [5.74, 6) is 0.329. The maximum Gasteiger partial charge on any atom is 0.239 e. The molecule has 110 valence electrons. The van der Waals surface area contributed by atoms with Crippen LogP contribution in [0, 0.1) is 0 Å². The Hall–Kier alpha value is -0.610. The first-order valence-electron chi connectivity index (χ1n) is 7.90. The van der Waals surface area contributed by atoms with E-state index >= 15 is 0 Å². The maximum atomic E-state index is 12.5. The summed E-state index contributed by atoms with van der Waals surface area (Å²) in [5, 5.41) is 3.45. The van der Waals surface area contributed by atoms with Crippen molar-refractivity contribution in [1.82, 2.24) is 15.1 Å². The van der Waals surface area contributed by atoms with E-state index < -0.39 is 0 Å². The number of rotatable bonds is 3. The largest absolute Gasteiger partial charge is 0.339 e. The zero-order valence-corrected chi connectivity index (χ0v) is 12.7. The van der Waals surface area contributed by atoms with Gasteiger partial charge in [-0.05, 0) is 39.5 Å². The second-order valence-corrected chi connectivity index (χ2v) is 6.17. The Morgan fingerprint density at radius 3 is 2.53 bits per heavy atom. The van der Waals surface area contributed by atoms with Gasteiger partial charge in [-0.1, -0.05) is 6.92 Å². The molecule has 1 N–H and O–H groups in total. The van der Waals surface area contributed by atoms with Gasteiger partial charge in [0.05, 0.1) is 6.04 Å². The molecule has 2 aliphatic heterocycles. The van der Waals surface area contributed by atoms with E-state index in [1.165, 1.54) is 19.3 Å². The molecule has 0 aromatic rings. The normalized spacial score (nSPS) is 31.2. The van der Waals surface area contributed by atoms with Gasteiger partial charge >= 0.3 is 0 Å². The standard InChI is InChI=1S/C15H29N3O/c1-4-13(3)17-8-10-18(11-9-17)15(19)14-7-5-6-12(2)16-14/h12-14,16H,4-11H2,1-3H3. The fraction of sp³-hybridized carbons (Fsp3) is 0.933. The SMILES string of the molecule is CCC(C)N1CCN(C(=O)C2CCCC(C)N2)CC1. The highest BCUT2D eigenvalue weighted by Crippen LogP contribution is 2.16. The van der Waals surface area contributed by atoms with Crippen LogP contribution < -0.4 is 5.32 Å². The van der Waals surface area contributed by atoms with Crippen molar-refractivity contribution in [1.29, 1.82) is 0 Å². The number of carbonyl (C=O) groups is 1. The van der Waals surface area contributed by atoms with Crippen molar-refractivity contribution >= 4 is 5.91 Å². The lowest BCUT2D eigenvalue weighted by atomic mass is 9.98. The number of carbonyl (C=O) groups excluding carboxylic acids is 1. The summed E-state index contributed by atoms with van der Waals surface area (Å²) in [6.45, 7) is 10.6. The van der Waals surface area contributed by atoms with Crippen LogP contribution in [0.1, 0.15) is 46.5 Å². The third-order valence-corrected chi connectivity index (χ3v) is 4.75. The molecule has 2 heterocycles. The molecule has 1 amide bonds. The summed E-state index contributed by atoms with van der Waals surface area (Å²) >= 11 is 0. The number of hydrogen-bond acceptors (Lipinski definition) is 3. The van der Waals surface area contributed by atoms with Crippen LogP contribution >= 0.6 is 0 Å². The van der Waals surface area contributed by atoms with E-state index in [2.05, 4.69) is 35.9 Å². The van der Waals surface area contributed by atoms with Crippen LogP contribution in [0.3, 0.4) is 0 Å². The molecule has 2 saturated heterocycles. The Kier molecular flexibility index (Phi) is 5.22. The molecule has 0 radical (unpaired) electrons. The summed E-state index contributed by atoms with van der Waals surface area (Å²) in [6, 6.07) is 1.20. The minimum atomic E-state index is 0.0684. The van der Waals surface area contributed by atoms with Crippen molar-refractivity contribution in [3.63, 3.8) is 0 Å². The van der Waals surface area contributed by atoms with Crippen LogP contribution in [0.5, 0.6) is 0 Å². The highest BCUT2D eigenvalue weighted by Gasteiger charge is 2.30. The van der Waals surface area contributed by atoms with Gasteiger partial charge in [0.25, 0.3) is 0 Å². The fourth-order valence-corrected chi connectivity index (χ4v) is 3.19. The Bertz CT molecular complexity index is 300. The van der Waals surface area contributed by atoms with Crippen molar-refractivity contribution in [3.05, 3.63) is 0 Å². The molecule has 2 fully saturated rings. The average molecular weight is 267 g/mol. The van der Waals surface area contributed by atoms with Crippen molar-refractivity contribution in [2.24, 2.45) is 0 Å². The molecule has 2 aliphatic rings. The third-order valence-electron chi connectivity index (χ3n) is 4.75. The smallest absolute Gasteiger partial charge is 0.239 e. The highest BCUT2D eigenvalue weighted by molar-refractivity contribution is 5.82. The molecule has 3 unspecified atom stereocenters. The average Bonchev–Trinajstić information content (AvgIpc) is 2.46. The van der Waals surface area contributed by atoms with Crippen LogP contribution in [0.2, 0.25) is 0 Å².